The van der Waals surface area contributed by atoms with Gasteiger partial charge in [-0.15, -0.1) is 0 Å². The highest BCUT2D eigenvalue weighted by atomic mass is 16.6. The third-order valence-electron chi connectivity index (χ3n) is 3.19. The quantitative estimate of drug-likeness (QED) is 0.589. The zero-order valence-corrected chi connectivity index (χ0v) is 13.9. The molecule has 1 aromatic heterocycles. The molecule has 0 aliphatic heterocycles. The number of nitrogens with one attached hydrogen (secondary N) is 1. The monoisotopic (exact) mass is 297 g/mol. The molecule has 0 bridgehead atoms. The first-order chi connectivity index (χ1) is 9.68. The second-order valence-electron chi connectivity index (χ2n) is 6.52. The minimum Gasteiger partial charge on any atom is -0.364 e. The summed E-state index contributed by atoms with van der Waals surface area (Å²) < 4.78 is 1.71. The average molecular weight is 297 g/mol. The van der Waals surface area contributed by atoms with Crippen LogP contribution in [0.4, 0.5) is 11.5 Å². The molecule has 1 aromatic rings. The molecule has 1 N–H and O–H groups in total. The summed E-state index contributed by atoms with van der Waals surface area (Å²) in [6.07, 6.45) is 0.883. The number of nitro groups is 1. The van der Waals surface area contributed by atoms with Crippen LogP contribution in [0.25, 0.3) is 0 Å². The van der Waals surface area contributed by atoms with Gasteiger partial charge in [-0.25, -0.2) is 4.68 Å². The molecule has 120 valence electrons. The van der Waals surface area contributed by atoms with Crippen LogP contribution in [-0.2, 0) is 6.54 Å². The van der Waals surface area contributed by atoms with Crippen molar-refractivity contribution in [3.8, 4) is 0 Å². The van der Waals surface area contributed by atoms with Gasteiger partial charge in [-0.2, -0.15) is 5.10 Å². The van der Waals surface area contributed by atoms with Gasteiger partial charge in [-0.3, -0.25) is 10.1 Å². The fourth-order valence-corrected chi connectivity index (χ4v) is 2.57. The van der Waals surface area contributed by atoms with Crippen LogP contribution in [0.15, 0.2) is 0 Å². The minimum absolute atomic E-state index is 0.00654. The van der Waals surface area contributed by atoms with Crippen LogP contribution >= 0.6 is 0 Å². The van der Waals surface area contributed by atoms with E-state index in [-0.39, 0.29) is 16.0 Å². The first-order valence-corrected chi connectivity index (χ1v) is 7.28. The van der Waals surface area contributed by atoms with Crippen LogP contribution in [0, 0.1) is 22.5 Å². The van der Waals surface area contributed by atoms with Crippen LogP contribution in [0.1, 0.15) is 32.9 Å². The lowest BCUT2D eigenvalue weighted by Gasteiger charge is -2.28. The van der Waals surface area contributed by atoms with Crippen molar-refractivity contribution in [2.45, 2.75) is 40.7 Å². The number of hydrogen-bond donors (Lipinski definition) is 1. The van der Waals surface area contributed by atoms with Crippen molar-refractivity contribution in [3.63, 3.8) is 0 Å². The zero-order chi connectivity index (χ0) is 16.2. The molecule has 0 saturated carbocycles. The standard InChI is InChI=1S/C14H27N5O2/c1-7-8-18-13(12(19(20)21)11(2)16-18)15-9-14(3,4)10-17(5)6/h15H,7-10H2,1-6H3. The summed E-state index contributed by atoms with van der Waals surface area (Å²) in [6, 6.07) is 0. The molecule has 0 amide bonds. The molecule has 7 nitrogen and oxygen atoms in total. The number of aromatic nitrogens is 2. The smallest absolute Gasteiger partial charge is 0.333 e. The molecular weight excluding hydrogens is 270 g/mol. The van der Waals surface area contributed by atoms with E-state index in [2.05, 4.69) is 29.2 Å². The predicted molar refractivity (Wildman–Crippen MR) is 84.7 cm³/mol. The Morgan fingerprint density at radius 3 is 2.52 bits per heavy atom. The summed E-state index contributed by atoms with van der Waals surface area (Å²) in [5.41, 5.74) is 0.553. The molecule has 0 aromatic carbocycles. The van der Waals surface area contributed by atoms with Crippen molar-refractivity contribution < 1.29 is 4.92 Å². The molecule has 0 aliphatic carbocycles. The highest BCUT2D eigenvalue weighted by Crippen LogP contribution is 2.29. The molecule has 21 heavy (non-hydrogen) atoms. The van der Waals surface area contributed by atoms with E-state index in [1.165, 1.54) is 0 Å². The Morgan fingerprint density at radius 2 is 2.05 bits per heavy atom. The Hall–Kier alpha value is -1.63. The molecular formula is C14H27N5O2. The lowest BCUT2D eigenvalue weighted by atomic mass is 9.93. The van der Waals surface area contributed by atoms with E-state index in [0.29, 0.717) is 24.6 Å². The van der Waals surface area contributed by atoms with Crippen LogP contribution in [-0.4, -0.2) is 46.8 Å². The van der Waals surface area contributed by atoms with E-state index >= 15 is 0 Å². The molecule has 7 heteroatoms. The first kappa shape index (κ1) is 17.4. The average Bonchev–Trinajstić information content (AvgIpc) is 2.61. The molecule has 1 rings (SSSR count). The van der Waals surface area contributed by atoms with Crippen LogP contribution in [0.3, 0.4) is 0 Å². The highest BCUT2D eigenvalue weighted by Gasteiger charge is 2.27. The van der Waals surface area contributed by atoms with Gasteiger partial charge in [0.15, 0.2) is 0 Å². The second kappa shape index (κ2) is 6.89. The van der Waals surface area contributed by atoms with Gasteiger partial charge in [-0.1, -0.05) is 20.8 Å². The Balaban J connectivity index is 2.97. The van der Waals surface area contributed by atoms with Gasteiger partial charge >= 0.3 is 5.69 Å². The fraction of sp³-hybridized carbons (Fsp3) is 0.786. The Bertz CT molecular complexity index is 494. The van der Waals surface area contributed by atoms with E-state index in [9.17, 15) is 10.1 Å². The largest absolute Gasteiger partial charge is 0.364 e. The molecule has 0 unspecified atom stereocenters. The maximum atomic E-state index is 11.3. The number of nitrogens with zero attached hydrogens (tertiary/aromatic N) is 4. The number of anilines is 1. The Morgan fingerprint density at radius 1 is 1.43 bits per heavy atom. The van der Waals surface area contributed by atoms with Gasteiger partial charge in [0, 0.05) is 19.6 Å². The fourth-order valence-electron chi connectivity index (χ4n) is 2.57. The van der Waals surface area contributed by atoms with E-state index < -0.39 is 0 Å². The third-order valence-corrected chi connectivity index (χ3v) is 3.19. The SMILES string of the molecule is CCCn1nc(C)c([N+](=O)[O-])c1NCC(C)(C)CN(C)C. The molecule has 0 spiro atoms. The second-order valence-corrected chi connectivity index (χ2v) is 6.52. The van der Waals surface area contributed by atoms with E-state index in [1.54, 1.807) is 11.6 Å². The first-order valence-electron chi connectivity index (χ1n) is 7.28. The molecule has 0 radical (unpaired) electrons. The van der Waals surface area contributed by atoms with Gasteiger partial charge in [-0.05, 0) is 32.9 Å². The van der Waals surface area contributed by atoms with Crippen molar-refractivity contribution in [2.75, 3.05) is 32.5 Å². The van der Waals surface area contributed by atoms with Gasteiger partial charge in [0.2, 0.25) is 5.82 Å². The van der Waals surface area contributed by atoms with Crippen molar-refractivity contribution in [2.24, 2.45) is 5.41 Å². The number of hydrogen-bond acceptors (Lipinski definition) is 5. The van der Waals surface area contributed by atoms with E-state index in [4.69, 9.17) is 0 Å². The maximum absolute atomic E-state index is 11.3. The van der Waals surface area contributed by atoms with E-state index in [1.807, 2.05) is 21.0 Å². The van der Waals surface area contributed by atoms with Crippen molar-refractivity contribution in [1.82, 2.24) is 14.7 Å². The number of aryl methyl sites for hydroxylation is 2. The summed E-state index contributed by atoms with van der Waals surface area (Å²) in [6.45, 7) is 10.2. The van der Waals surface area contributed by atoms with Crippen molar-refractivity contribution in [1.29, 1.82) is 0 Å². The van der Waals surface area contributed by atoms with Gasteiger partial charge < -0.3 is 10.2 Å². The summed E-state index contributed by atoms with van der Waals surface area (Å²) in [7, 11) is 4.05. The highest BCUT2D eigenvalue weighted by molar-refractivity contribution is 5.59. The molecule has 1 heterocycles. The van der Waals surface area contributed by atoms with Gasteiger partial charge in [0.25, 0.3) is 0 Å². The normalized spacial score (nSPS) is 12.0. The molecule has 0 saturated heterocycles. The zero-order valence-electron chi connectivity index (χ0n) is 13.9. The van der Waals surface area contributed by atoms with E-state index in [0.717, 1.165) is 13.0 Å². The lowest BCUT2D eigenvalue weighted by molar-refractivity contribution is -0.384. The van der Waals surface area contributed by atoms with Gasteiger partial charge in [0.1, 0.15) is 5.69 Å². The third kappa shape index (κ3) is 4.70. The van der Waals surface area contributed by atoms with Crippen molar-refractivity contribution in [3.05, 3.63) is 15.8 Å². The molecule has 0 atom stereocenters. The summed E-state index contributed by atoms with van der Waals surface area (Å²) in [4.78, 5) is 13.0. The van der Waals surface area contributed by atoms with Crippen molar-refractivity contribution >= 4 is 11.5 Å². The summed E-state index contributed by atoms with van der Waals surface area (Å²) >= 11 is 0. The summed E-state index contributed by atoms with van der Waals surface area (Å²) in [5.74, 6) is 0.520. The minimum atomic E-state index is -0.351. The Kier molecular flexibility index (Phi) is 5.71. The van der Waals surface area contributed by atoms with Gasteiger partial charge in [0.05, 0.1) is 4.92 Å². The number of rotatable bonds is 8. The maximum Gasteiger partial charge on any atom is 0.333 e. The van der Waals surface area contributed by atoms with Crippen LogP contribution in [0.2, 0.25) is 0 Å². The Labute approximate surface area is 126 Å². The lowest BCUT2D eigenvalue weighted by Crippen LogP contribution is -2.34. The summed E-state index contributed by atoms with van der Waals surface area (Å²) in [5, 5.41) is 18.8. The van der Waals surface area contributed by atoms with Crippen LogP contribution in [0.5, 0.6) is 0 Å². The predicted octanol–water partition coefficient (Wildman–Crippen LogP) is 2.51. The molecule has 0 fully saturated rings. The van der Waals surface area contributed by atoms with Crippen LogP contribution < -0.4 is 5.32 Å². The topological polar surface area (TPSA) is 76.2 Å². The molecule has 0 aliphatic rings.